The van der Waals surface area contributed by atoms with Crippen molar-refractivity contribution < 1.29 is 14.3 Å². The topological polar surface area (TPSA) is 61.9 Å². The molecule has 6 nitrogen and oxygen atoms in total. The van der Waals surface area contributed by atoms with Gasteiger partial charge in [0.2, 0.25) is 5.91 Å². The fourth-order valence-electron chi connectivity index (χ4n) is 3.91. The summed E-state index contributed by atoms with van der Waals surface area (Å²) in [7, 11) is 0. The van der Waals surface area contributed by atoms with Crippen LogP contribution in [0.15, 0.2) is 24.3 Å². The number of carbonyl (C=O) groups excluding carboxylic acids is 2. The minimum atomic E-state index is 0.0665. The predicted octanol–water partition coefficient (Wildman–Crippen LogP) is 2.42. The molecule has 0 spiro atoms. The number of likely N-dealkylation sites (tertiary alicyclic amines) is 2. The first-order valence-electron chi connectivity index (χ1n) is 10.5. The van der Waals surface area contributed by atoms with Crippen LogP contribution in [-0.4, -0.2) is 60.4 Å². The van der Waals surface area contributed by atoms with E-state index in [2.05, 4.69) is 5.32 Å². The molecule has 2 heterocycles. The highest BCUT2D eigenvalue weighted by Crippen LogP contribution is 2.20. The molecule has 0 saturated carbocycles. The van der Waals surface area contributed by atoms with Crippen molar-refractivity contribution in [3.05, 3.63) is 29.8 Å². The third-order valence-electron chi connectivity index (χ3n) is 5.66. The van der Waals surface area contributed by atoms with Crippen molar-refractivity contribution in [1.82, 2.24) is 15.1 Å². The molecule has 0 unspecified atom stereocenters. The highest BCUT2D eigenvalue weighted by atomic mass is 16.5. The van der Waals surface area contributed by atoms with E-state index in [-0.39, 0.29) is 24.3 Å². The summed E-state index contributed by atoms with van der Waals surface area (Å²) in [4.78, 5) is 28.2. The van der Waals surface area contributed by atoms with Gasteiger partial charge < -0.3 is 19.9 Å². The lowest BCUT2D eigenvalue weighted by Crippen LogP contribution is -2.46. The number of para-hydroxylation sites is 1. The van der Waals surface area contributed by atoms with Crippen LogP contribution in [0.2, 0.25) is 0 Å². The van der Waals surface area contributed by atoms with E-state index in [4.69, 9.17) is 4.74 Å². The minimum Gasteiger partial charge on any atom is -0.483 e. The lowest BCUT2D eigenvalue weighted by Gasteiger charge is -2.33. The van der Waals surface area contributed by atoms with Gasteiger partial charge in [-0.1, -0.05) is 32.0 Å². The first-order valence-corrected chi connectivity index (χ1v) is 10.5. The number of hydrogen-bond acceptors (Lipinski definition) is 4. The molecular formula is C22H33N3O3. The van der Waals surface area contributed by atoms with Crippen molar-refractivity contribution in [2.24, 2.45) is 5.92 Å². The SMILES string of the molecule is CC(C)C(=O)N1CCC(NCc2ccccc2OCC(=O)N2CCCC2)CC1. The number of benzene rings is 1. The number of amides is 2. The smallest absolute Gasteiger partial charge is 0.260 e. The van der Waals surface area contributed by atoms with E-state index in [9.17, 15) is 9.59 Å². The molecule has 1 N–H and O–H groups in total. The molecule has 28 heavy (non-hydrogen) atoms. The number of ether oxygens (including phenoxy) is 1. The summed E-state index contributed by atoms with van der Waals surface area (Å²) in [5.74, 6) is 1.16. The van der Waals surface area contributed by atoms with Crippen LogP contribution in [0.5, 0.6) is 5.75 Å². The van der Waals surface area contributed by atoms with E-state index >= 15 is 0 Å². The second-order valence-corrected chi connectivity index (χ2v) is 8.12. The van der Waals surface area contributed by atoms with E-state index in [1.165, 1.54) is 0 Å². The van der Waals surface area contributed by atoms with Gasteiger partial charge in [0.25, 0.3) is 5.91 Å². The average Bonchev–Trinajstić information content (AvgIpc) is 3.26. The van der Waals surface area contributed by atoms with Gasteiger partial charge in [-0.15, -0.1) is 0 Å². The third-order valence-corrected chi connectivity index (χ3v) is 5.66. The van der Waals surface area contributed by atoms with Crippen LogP contribution in [0, 0.1) is 5.92 Å². The minimum absolute atomic E-state index is 0.0665. The number of nitrogens with one attached hydrogen (secondary N) is 1. The van der Waals surface area contributed by atoms with Crippen molar-refractivity contribution in [3.8, 4) is 5.75 Å². The quantitative estimate of drug-likeness (QED) is 0.781. The number of carbonyl (C=O) groups is 2. The molecule has 1 aromatic rings. The molecule has 0 aromatic heterocycles. The highest BCUT2D eigenvalue weighted by Gasteiger charge is 2.24. The van der Waals surface area contributed by atoms with Crippen molar-refractivity contribution >= 4 is 11.8 Å². The Labute approximate surface area is 168 Å². The molecule has 6 heteroatoms. The molecule has 2 aliphatic heterocycles. The largest absolute Gasteiger partial charge is 0.483 e. The van der Waals surface area contributed by atoms with Gasteiger partial charge in [-0.2, -0.15) is 0 Å². The summed E-state index contributed by atoms with van der Waals surface area (Å²) in [5.41, 5.74) is 1.07. The molecular weight excluding hydrogens is 354 g/mol. The molecule has 2 saturated heterocycles. The second-order valence-electron chi connectivity index (χ2n) is 8.12. The molecule has 154 valence electrons. The fraction of sp³-hybridized carbons (Fsp3) is 0.636. The van der Waals surface area contributed by atoms with E-state index in [0.717, 1.165) is 63.2 Å². The van der Waals surface area contributed by atoms with Crippen molar-refractivity contribution in [3.63, 3.8) is 0 Å². The molecule has 0 aliphatic carbocycles. The molecule has 2 amide bonds. The van der Waals surface area contributed by atoms with Gasteiger partial charge >= 0.3 is 0 Å². The Kier molecular flexibility index (Phi) is 7.31. The van der Waals surface area contributed by atoms with E-state index in [1.54, 1.807) is 0 Å². The average molecular weight is 388 g/mol. The van der Waals surface area contributed by atoms with Crippen molar-refractivity contribution in [2.45, 2.75) is 52.1 Å². The summed E-state index contributed by atoms with van der Waals surface area (Å²) in [5, 5.41) is 3.60. The number of hydrogen-bond donors (Lipinski definition) is 1. The zero-order valence-corrected chi connectivity index (χ0v) is 17.2. The van der Waals surface area contributed by atoms with Crippen LogP contribution in [0.1, 0.15) is 45.1 Å². The first kappa shape index (κ1) is 20.6. The number of nitrogens with zero attached hydrogens (tertiary/aromatic N) is 2. The zero-order valence-electron chi connectivity index (χ0n) is 17.2. The molecule has 2 fully saturated rings. The fourth-order valence-corrected chi connectivity index (χ4v) is 3.91. The molecule has 3 rings (SSSR count). The maximum Gasteiger partial charge on any atom is 0.260 e. The van der Waals surface area contributed by atoms with Gasteiger partial charge in [0.05, 0.1) is 0 Å². The Balaban J connectivity index is 1.46. The van der Waals surface area contributed by atoms with Crippen molar-refractivity contribution in [1.29, 1.82) is 0 Å². The van der Waals surface area contributed by atoms with Gasteiger partial charge in [-0.25, -0.2) is 0 Å². The monoisotopic (exact) mass is 387 g/mol. The Hall–Kier alpha value is -2.08. The van der Waals surface area contributed by atoms with Crippen LogP contribution in [0.3, 0.4) is 0 Å². The molecule has 2 aliphatic rings. The maximum atomic E-state index is 12.2. The molecule has 1 aromatic carbocycles. The Bertz CT molecular complexity index is 663. The number of rotatable bonds is 7. The summed E-state index contributed by atoms with van der Waals surface area (Å²) < 4.78 is 5.84. The molecule has 0 atom stereocenters. The first-order chi connectivity index (χ1) is 13.5. The van der Waals surface area contributed by atoms with Crippen LogP contribution in [0.4, 0.5) is 0 Å². The standard InChI is InChI=1S/C22H33N3O3/c1-17(2)22(27)25-13-9-19(10-14-25)23-15-18-7-3-4-8-20(18)28-16-21(26)24-11-5-6-12-24/h3-4,7-8,17,19,23H,5-6,9-16H2,1-2H3. The van der Waals surface area contributed by atoms with E-state index in [1.807, 2.05) is 47.9 Å². The summed E-state index contributed by atoms with van der Waals surface area (Å²) >= 11 is 0. The van der Waals surface area contributed by atoms with Gasteiger partial charge in [0.1, 0.15) is 5.75 Å². The van der Waals surface area contributed by atoms with Crippen LogP contribution >= 0.6 is 0 Å². The van der Waals surface area contributed by atoms with Gasteiger partial charge in [-0.3, -0.25) is 9.59 Å². The Morgan fingerprint density at radius 1 is 1.07 bits per heavy atom. The number of piperidine rings is 1. The van der Waals surface area contributed by atoms with Crippen molar-refractivity contribution in [2.75, 3.05) is 32.8 Å². The summed E-state index contributed by atoms with van der Waals surface area (Å²) in [6.07, 6.45) is 4.12. The van der Waals surface area contributed by atoms with Crippen LogP contribution < -0.4 is 10.1 Å². The predicted molar refractivity (Wildman–Crippen MR) is 109 cm³/mol. The zero-order chi connectivity index (χ0) is 19.9. The molecule has 0 radical (unpaired) electrons. The highest BCUT2D eigenvalue weighted by molar-refractivity contribution is 5.78. The van der Waals surface area contributed by atoms with Gasteiger partial charge in [0.15, 0.2) is 6.61 Å². The lowest BCUT2D eigenvalue weighted by molar-refractivity contribution is -0.135. The second kappa shape index (κ2) is 9.92. The summed E-state index contributed by atoms with van der Waals surface area (Å²) in [6, 6.07) is 8.30. The Morgan fingerprint density at radius 3 is 2.43 bits per heavy atom. The molecule has 0 bridgehead atoms. The van der Waals surface area contributed by atoms with Gasteiger partial charge in [0, 0.05) is 50.2 Å². The lowest BCUT2D eigenvalue weighted by atomic mass is 10.0. The van der Waals surface area contributed by atoms with Crippen LogP contribution in [-0.2, 0) is 16.1 Å². The van der Waals surface area contributed by atoms with E-state index < -0.39 is 0 Å². The maximum absolute atomic E-state index is 12.2. The van der Waals surface area contributed by atoms with Crippen LogP contribution in [0.25, 0.3) is 0 Å². The normalized spacial score (nSPS) is 18.0. The van der Waals surface area contributed by atoms with Gasteiger partial charge in [-0.05, 0) is 31.7 Å². The summed E-state index contributed by atoms with van der Waals surface area (Å²) in [6.45, 7) is 8.06. The third kappa shape index (κ3) is 5.47. The van der Waals surface area contributed by atoms with E-state index in [0.29, 0.717) is 12.6 Å². The Morgan fingerprint density at radius 2 is 1.75 bits per heavy atom.